The Hall–Kier alpha value is -3.22. The average molecular weight is 433 g/mol. The molecule has 0 spiro atoms. The van der Waals surface area contributed by atoms with Gasteiger partial charge in [-0.15, -0.1) is 0 Å². The van der Waals surface area contributed by atoms with Crippen molar-refractivity contribution < 1.29 is 4.79 Å². The molecule has 0 bridgehead atoms. The van der Waals surface area contributed by atoms with Gasteiger partial charge in [0.15, 0.2) is 5.13 Å². The molecule has 0 aliphatic rings. The first-order chi connectivity index (χ1) is 14.6. The van der Waals surface area contributed by atoms with Crippen molar-refractivity contribution in [3.63, 3.8) is 0 Å². The molecule has 0 saturated heterocycles. The second-order valence-electron chi connectivity index (χ2n) is 6.98. The number of aromatic amines is 1. The molecule has 0 fully saturated rings. The first-order valence-corrected chi connectivity index (χ1v) is 10.6. The number of carbonyl (C=O) groups is 1. The van der Waals surface area contributed by atoms with Crippen molar-refractivity contribution in [3.05, 3.63) is 88.8 Å². The topological polar surface area (TPSA) is 61.9 Å². The second kappa shape index (κ2) is 7.55. The number of hydrogen-bond donors (Lipinski definition) is 1. The van der Waals surface area contributed by atoms with Gasteiger partial charge < -0.3 is 4.98 Å². The molecule has 3 heterocycles. The highest BCUT2D eigenvalue weighted by atomic mass is 35.5. The van der Waals surface area contributed by atoms with Crippen LogP contribution in [0.15, 0.2) is 67.0 Å². The van der Waals surface area contributed by atoms with Crippen LogP contribution in [0.3, 0.4) is 0 Å². The van der Waals surface area contributed by atoms with Crippen LogP contribution in [0, 0.1) is 6.92 Å². The molecule has 5 aromatic rings. The molecule has 0 aliphatic carbocycles. The van der Waals surface area contributed by atoms with Gasteiger partial charge in [0.2, 0.25) is 0 Å². The number of benzene rings is 2. The molecule has 30 heavy (non-hydrogen) atoms. The summed E-state index contributed by atoms with van der Waals surface area (Å²) in [6.07, 6.45) is 3.49. The van der Waals surface area contributed by atoms with Gasteiger partial charge in [-0.1, -0.05) is 47.2 Å². The molecule has 3 aromatic heterocycles. The minimum atomic E-state index is -0.124. The Morgan fingerprint density at radius 1 is 1.13 bits per heavy atom. The van der Waals surface area contributed by atoms with E-state index in [-0.39, 0.29) is 5.91 Å². The highest BCUT2D eigenvalue weighted by Crippen LogP contribution is 2.35. The number of aryl methyl sites for hydroxylation is 1. The van der Waals surface area contributed by atoms with Crippen LogP contribution in [0.2, 0.25) is 5.02 Å². The van der Waals surface area contributed by atoms with Gasteiger partial charge >= 0.3 is 0 Å². The molecule has 0 saturated carbocycles. The number of amides is 1. The zero-order valence-corrected chi connectivity index (χ0v) is 17.7. The molecule has 1 N–H and O–H groups in total. The summed E-state index contributed by atoms with van der Waals surface area (Å²) in [7, 11) is 0. The maximum atomic E-state index is 13.7. The zero-order chi connectivity index (χ0) is 20.7. The predicted molar refractivity (Wildman–Crippen MR) is 122 cm³/mol. The first-order valence-electron chi connectivity index (χ1n) is 9.45. The fraction of sp³-hybridized carbons (Fsp3) is 0.0870. The summed E-state index contributed by atoms with van der Waals surface area (Å²) in [4.78, 5) is 27.7. The van der Waals surface area contributed by atoms with Gasteiger partial charge in [-0.05, 0) is 42.8 Å². The van der Waals surface area contributed by atoms with Crippen molar-refractivity contribution in [3.8, 4) is 0 Å². The van der Waals surface area contributed by atoms with Gasteiger partial charge in [0.25, 0.3) is 5.91 Å². The lowest BCUT2D eigenvalue weighted by Gasteiger charge is -2.19. The van der Waals surface area contributed by atoms with Crippen molar-refractivity contribution in [2.45, 2.75) is 13.5 Å². The SMILES string of the molecule is Cc1c(Cl)ccc2sc(N(Cc3ccccn3)C(=O)c3c[nH]c4ccccc34)nc12. The van der Waals surface area contributed by atoms with E-state index in [1.165, 1.54) is 11.3 Å². The molecular formula is C23H17ClN4OS. The van der Waals surface area contributed by atoms with E-state index in [4.69, 9.17) is 16.6 Å². The molecule has 1 amide bonds. The monoisotopic (exact) mass is 432 g/mol. The number of pyridine rings is 1. The summed E-state index contributed by atoms with van der Waals surface area (Å²) in [5.74, 6) is -0.124. The van der Waals surface area contributed by atoms with Crippen molar-refractivity contribution in [2.24, 2.45) is 0 Å². The van der Waals surface area contributed by atoms with Gasteiger partial charge in [-0.3, -0.25) is 14.7 Å². The summed E-state index contributed by atoms with van der Waals surface area (Å²) in [6, 6.07) is 17.3. The van der Waals surface area contributed by atoms with E-state index < -0.39 is 0 Å². The molecule has 5 nitrogen and oxygen atoms in total. The van der Waals surface area contributed by atoms with Crippen molar-refractivity contribution in [2.75, 3.05) is 4.90 Å². The van der Waals surface area contributed by atoms with E-state index in [9.17, 15) is 4.79 Å². The summed E-state index contributed by atoms with van der Waals surface area (Å²) in [6.45, 7) is 2.27. The molecule has 5 rings (SSSR count). The van der Waals surface area contributed by atoms with Gasteiger partial charge in [0.1, 0.15) is 0 Å². The fourth-order valence-corrected chi connectivity index (χ4v) is 4.65. The Morgan fingerprint density at radius 3 is 2.80 bits per heavy atom. The number of fused-ring (bicyclic) bond motifs is 2. The number of aromatic nitrogens is 3. The van der Waals surface area contributed by atoms with Crippen LogP contribution in [0.1, 0.15) is 21.6 Å². The Bertz CT molecular complexity index is 1380. The number of H-pyrrole nitrogens is 1. The number of nitrogens with zero attached hydrogens (tertiary/aromatic N) is 3. The number of para-hydroxylation sites is 1. The standard InChI is InChI=1S/C23H17ClN4OS/c1-14-18(24)9-10-20-21(14)27-23(30-20)28(13-15-6-4-5-11-25-15)22(29)17-12-26-19-8-3-2-7-16(17)19/h2-12,26H,13H2,1H3. The van der Waals surface area contributed by atoms with Crippen LogP contribution in [0.4, 0.5) is 5.13 Å². The third-order valence-corrected chi connectivity index (χ3v) is 6.53. The van der Waals surface area contributed by atoms with Gasteiger partial charge in [0, 0.05) is 28.3 Å². The Labute approximate surface area is 182 Å². The summed E-state index contributed by atoms with van der Waals surface area (Å²) >= 11 is 7.76. The number of rotatable bonds is 4. The Kier molecular flexibility index (Phi) is 4.73. The Morgan fingerprint density at radius 2 is 1.97 bits per heavy atom. The van der Waals surface area contributed by atoms with Crippen LogP contribution in [0.25, 0.3) is 21.1 Å². The van der Waals surface area contributed by atoms with E-state index in [1.807, 2.05) is 61.5 Å². The minimum absolute atomic E-state index is 0.124. The number of thiazole rings is 1. The number of carbonyl (C=O) groups excluding carboxylic acids is 1. The normalized spacial score (nSPS) is 11.3. The van der Waals surface area contributed by atoms with E-state index in [0.29, 0.717) is 22.3 Å². The number of halogens is 1. The highest BCUT2D eigenvalue weighted by molar-refractivity contribution is 7.22. The van der Waals surface area contributed by atoms with E-state index in [0.717, 1.165) is 32.4 Å². The zero-order valence-electron chi connectivity index (χ0n) is 16.1. The van der Waals surface area contributed by atoms with E-state index in [1.54, 1.807) is 17.3 Å². The first kappa shape index (κ1) is 18.8. The molecule has 0 aliphatic heterocycles. The molecule has 148 valence electrons. The molecule has 0 atom stereocenters. The number of hydrogen-bond acceptors (Lipinski definition) is 4. The predicted octanol–water partition coefficient (Wildman–Crippen LogP) is 5.98. The summed E-state index contributed by atoms with van der Waals surface area (Å²) in [5, 5.41) is 2.17. The quantitative estimate of drug-likeness (QED) is 0.380. The van der Waals surface area contributed by atoms with Crippen LogP contribution in [-0.4, -0.2) is 20.9 Å². The summed E-state index contributed by atoms with van der Waals surface area (Å²) in [5.41, 5.74) is 4.05. The lowest BCUT2D eigenvalue weighted by atomic mass is 10.1. The average Bonchev–Trinajstić information content (AvgIpc) is 3.40. The molecule has 2 aromatic carbocycles. The van der Waals surface area contributed by atoms with Gasteiger partial charge in [0.05, 0.1) is 28.0 Å². The fourth-order valence-electron chi connectivity index (χ4n) is 3.48. The molecular weight excluding hydrogens is 416 g/mol. The molecule has 0 radical (unpaired) electrons. The molecule has 0 unspecified atom stereocenters. The Balaban J connectivity index is 1.64. The lowest BCUT2D eigenvalue weighted by Crippen LogP contribution is -2.30. The maximum absolute atomic E-state index is 13.7. The van der Waals surface area contributed by atoms with Crippen molar-refractivity contribution >= 4 is 55.1 Å². The van der Waals surface area contributed by atoms with Gasteiger partial charge in [-0.25, -0.2) is 4.98 Å². The lowest BCUT2D eigenvalue weighted by molar-refractivity contribution is 0.0986. The summed E-state index contributed by atoms with van der Waals surface area (Å²) < 4.78 is 0.990. The highest BCUT2D eigenvalue weighted by Gasteiger charge is 2.25. The number of anilines is 1. The second-order valence-corrected chi connectivity index (χ2v) is 8.39. The van der Waals surface area contributed by atoms with E-state index in [2.05, 4.69) is 9.97 Å². The molecule has 7 heteroatoms. The largest absolute Gasteiger partial charge is 0.360 e. The third kappa shape index (κ3) is 3.24. The maximum Gasteiger partial charge on any atom is 0.262 e. The van der Waals surface area contributed by atoms with Crippen molar-refractivity contribution in [1.82, 2.24) is 15.0 Å². The third-order valence-electron chi connectivity index (χ3n) is 5.08. The minimum Gasteiger partial charge on any atom is -0.360 e. The van der Waals surface area contributed by atoms with Crippen molar-refractivity contribution in [1.29, 1.82) is 0 Å². The van der Waals surface area contributed by atoms with Crippen LogP contribution in [0.5, 0.6) is 0 Å². The smallest absolute Gasteiger partial charge is 0.262 e. The van der Waals surface area contributed by atoms with Crippen LogP contribution >= 0.6 is 22.9 Å². The van der Waals surface area contributed by atoms with Crippen LogP contribution < -0.4 is 4.90 Å². The number of nitrogens with one attached hydrogen (secondary N) is 1. The van der Waals surface area contributed by atoms with E-state index >= 15 is 0 Å². The van der Waals surface area contributed by atoms with Gasteiger partial charge in [-0.2, -0.15) is 0 Å². The van der Waals surface area contributed by atoms with Crippen LogP contribution in [-0.2, 0) is 6.54 Å².